The first kappa shape index (κ1) is 10.3. The molecule has 0 bridgehead atoms. The van der Waals surface area contributed by atoms with Crippen molar-refractivity contribution in [3.63, 3.8) is 0 Å². The van der Waals surface area contributed by atoms with Crippen molar-refractivity contribution < 1.29 is 13.2 Å². The summed E-state index contributed by atoms with van der Waals surface area (Å²) >= 11 is 2.85. The van der Waals surface area contributed by atoms with Crippen molar-refractivity contribution in [3.05, 3.63) is 22.2 Å². The third-order valence-corrected chi connectivity index (χ3v) is 2.55. The maximum Gasteiger partial charge on any atom is 0.417 e. The second-order valence-electron chi connectivity index (χ2n) is 2.97. The van der Waals surface area contributed by atoms with E-state index in [1.54, 1.807) is 0 Å². The molecule has 15 heavy (non-hydrogen) atoms. The van der Waals surface area contributed by atoms with Crippen LogP contribution in [0.15, 0.2) is 16.6 Å². The van der Waals surface area contributed by atoms with E-state index in [1.165, 1.54) is 6.07 Å². The molecule has 1 heterocycles. The number of nitrogen functional groups attached to an aromatic ring is 1. The average molecular weight is 280 g/mol. The molecule has 0 atom stereocenters. The molecule has 3 nitrogen and oxygen atoms in total. The number of rotatable bonds is 0. The number of aromatic amines is 1. The summed E-state index contributed by atoms with van der Waals surface area (Å²) in [6.45, 7) is 0. The molecule has 2 rings (SSSR count). The highest BCUT2D eigenvalue weighted by Crippen LogP contribution is 2.36. The van der Waals surface area contributed by atoms with E-state index in [4.69, 9.17) is 5.73 Å². The lowest BCUT2D eigenvalue weighted by molar-refractivity contribution is -0.138. The fourth-order valence-corrected chi connectivity index (χ4v) is 1.82. The second-order valence-corrected chi connectivity index (χ2v) is 3.82. The smallest absolute Gasteiger partial charge is 0.369 e. The lowest BCUT2D eigenvalue weighted by Crippen LogP contribution is -2.05. The standard InChI is InChI=1S/C8H5BrF3N3/c9-4-2-6-5(14-7(13)15-6)1-3(4)8(10,11)12/h1-2H,(H3,13,14,15). The molecule has 0 aliphatic heterocycles. The number of hydrogen-bond donors (Lipinski definition) is 2. The molecule has 0 saturated heterocycles. The molecule has 7 heteroatoms. The Kier molecular flexibility index (Phi) is 2.14. The quantitative estimate of drug-likeness (QED) is 0.779. The highest BCUT2D eigenvalue weighted by atomic mass is 79.9. The average Bonchev–Trinajstić information content (AvgIpc) is 2.40. The molecule has 0 aliphatic carbocycles. The van der Waals surface area contributed by atoms with Gasteiger partial charge < -0.3 is 10.7 Å². The Bertz CT molecular complexity index is 518. The Morgan fingerprint density at radius 1 is 1.33 bits per heavy atom. The van der Waals surface area contributed by atoms with E-state index in [2.05, 4.69) is 25.9 Å². The zero-order valence-electron chi connectivity index (χ0n) is 7.19. The maximum atomic E-state index is 12.5. The molecule has 0 amide bonds. The van der Waals surface area contributed by atoms with Crippen LogP contribution in [0.25, 0.3) is 11.0 Å². The number of fused-ring (bicyclic) bond motifs is 1. The largest absolute Gasteiger partial charge is 0.417 e. The zero-order chi connectivity index (χ0) is 11.2. The van der Waals surface area contributed by atoms with E-state index in [9.17, 15) is 13.2 Å². The molecule has 3 N–H and O–H groups in total. The van der Waals surface area contributed by atoms with Crippen LogP contribution in [-0.2, 0) is 6.18 Å². The number of hydrogen-bond acceptors (Lipinski definition) is 2. The minimum atomic E-state index is -4.40. The van der Waals surface area contributed by atoms with Crippen molar-refractivity contribution in [1.29, 1.82) is 0 Å². The Labute approximate surface area is 90.6 Å². The minimum absolute atomic E-state index is 0.0472. The van der Waals surface area contributed by atoms with Gasteiger partial charge in [0.05, 0.1) is 16.6 Å². The topological polar surface area (TPSA) is 54.7 Å². The second kappa shape index (κ2) is 3.13. The Morgan fingerprint density at radius 3 is 2.60 bits per heavy atom. The highest BCUT2D eigenvalue weighted by molar-refractivity contribution is 9.10. The number of H-pyrrole nitrogens is 1. The fraction of sp³-hybridized carbons (Fsp3) is 0.125. The summed E-state index contributed by atoms with van der Waals surface area (Å²) in [5.41, 5.74) is 5.25. The number of aromatic nitrogens is 2. The molecule has 0 spiro atoms. The van der Waals surface area contributed by atoms with Crippen LogP contribution in [0.2, 0.25) is 0 Å². The predicted octanol–water partition coefficient (Wildman–Crippen LogP) is 2.93. The molecule has 0 fully saturated rings. The molecular weight excluding hydrogens is 275 g/mol. The van der Waals surface area contributed by atoms with E-state index in [0.29, 0.717) is 5.52 Å². The van der Waals surface area contributed by atoms with Crippen molar-refractivity contribution in [2.45, 2.75) is 6.18 Å². The maximum absolute atomic E-state index is 12.5. The van der Waals surface area contributed by atoms with E-state index >= 15 is 0 Å². The van der Waals surface area contributed by atoms with E-state index < -0.39 is 11.7 Å². The number of anilines is 1. The highest BCUT2D eigenvalue weighted by Gasteiger charge is 2.33. The van der Waals surface area contributed by atoms with Crippen molar-refractivity contribution in [3.8, 4) is 0 Å². The molecule has 80 valence electrons. The van der Waals surface area contributed by atoms with Gasteiger partial charge in [-0.25, -0.2) is 4.98 Å². The van der Waals surface area contributed by atoms with Gasteiger partial charge in [0, 0.05) is 4.47 Å². The van der Waals surface area contributed by atoms with E-state index in [0.717, 1.165) is 6.07 Å². The first-order chi connectivity index (χ1) is 6.88. The van der Waals surface area contributed by atoms with Crippen molar-refractivity contribution in [2.24, 2.45) is 0 Å². The van der Waals surface area contributed by atoms with Gasteiger partial charge in [0.15, 0.2) is 5.95 Å². The lowest BCUT2D eigenvalue weighted by Gasteiger charge is -2.08. The van der Waals surface area contributed by atoms with Gasteiger partial charge in [-0.2, -0.15) is 13.2 Å². The van der Waals surface area contributed by atoms with Gasteiger partial charge >= 0.3 is 6.18 Å². The number of nitrogens with one attached hydrogen (secondary N) is 1. The van der Waals surface area contributed by atoms with Crippen LogP contribution < -0.4 is 5.73 Å². The van der Waals surface area contributed by atoms with Gasteiger partial charge in [0.2, 0.25) is 0 Å². The molecule has 1 aromatic carbocycles. The molecular formula is C8H5BrF3N3. The number of halogens is 4. The van der Waals surface area contributed by atoms with Crippen LogP contribution in [0.4, 0.5) is 19.1 Å². The third kappa shape index (κ3) is 1.79. The fourth-order valence-electron chi connectivity index (χ4n) is 1.27. The Balaban J connectivity index is 2.72. The van der Waals surface area contributed by atoms with Crippen LogP contribution in [0.3, 0.4) is 0 Å². The van der Waals surface area contributed by atoms with Crippen LogP contribution in [0.5, 0.6) is 0 Å². The summed E-state index contributed by atoms with van der Waals surface area (Å²) in [5, 5.41) is 0. The van der Waals surface area contributed by atoms with Gasteiger partial charge in [0.25, 0.3) is 0 Å². The zero-order valence-corrected chi connectivity index (χ0v) is 8.78. The van der Waals surface area contributed by atoms with Gasteiger partial charge in [-0.05, 0) is 12.1 Å². The summed E-state index contributed by atoms with van der Waals surface area (Å²) in [6.07, 6.45) is -4.40. The summed E-state index contributed by atoms with van der Waals surface area (Å²) in [4.78, 5) is 6.37. The van der Waals surface area contributed by atoms with Crippen molar-refractivity contribution in [1.82, 2.24) is 9.97 Å². The van der Waals surface area contributed by atoms with Gasteiger partial charge in [-0.3, -0.25) is 0 Å². The number of imidazole rings is 1. The molecule has 2 aromatic rings. The summed E-state index contributed by atoms with van der Waals surface area (Å²) < 4.78 is 37.4. The van der Waals surface area contributed by atoms with Crippen LogP contribution in [0.1, 0.15) is 5.56 Å². The van der Waals surface area contributed by atoms with E-state index in [-0.39, 0.29) is 15.9 Å². The summed E-state index contributed by atoms with van der Waals surface area (Å²) in [7, 11) is 0. The van der Waals surface area contributed by atoms with E-state index in [1.807, 2.05) is 0 Å². The molecule has 0 aliphatic rings. The minimum Gasteiger partial charge on any atom is -0.369 e. The van der Waals surface area contributed by atoms with Crippen molar-refractivity contribution >= 4 is 32.9 Å². The predicted molar refractivity (Wildman–Crippen MR) is 53.2 cm³/mol. The summed E-state index contributed by atoms with van der Waals surface area (Å²) in [6, 6.07) is 2.26. The third-order valence-electron chi connectivity index (χ3n) is 1.89. The normalized spacial score (nSPS) is 12.3. The monoisotopic (exact) mass is 279 g/mol. The molecule has 1 aromatic heterocycles. The van der Waals surface area contributed by atoms with Crippen LogP contribution >= 0.6 is 15.9 Å². The van der Waals surface area contributed by atoms with Crippen LogP contribution in [0, 0.1) is 0 Å². The number of nitrogens with two attached hydrogens (primary N) is 1. The molecule has 0 saturated carbocycles. The lowest BCUT2D eigenvalue weighted by atomic mass is 10.2. The van der Waals surface area contributed by atoms with Gasteiger partial charge in [-0.1, -0.05) is 15.9 Å². The van der Waals surface area contributed by atoms with Crippen molar-refractivity contribution in [2.75, 3.05) is 5.73 Å². The molecule has 0 unspecified atom stereocenters. The van der Waals surface area contributed by atoms with Gasteiger partial charge in [0.1, 0.15) is 0 Å². The number of benzene rings is 1. The number of nitrogens with zero attached hydrogens (tertiary/aromatic N) is 1. The number of alkyl halides is 3. The first-order valence-electron chi connectivity index (χ1n) is 3.90. The first-order valence-corrected chi connectivity index (χ1v) is 4.69. The SMILES string of the molecule is Nc1nc2cc(Br)c(C(F)(F)F)cc2[nH]1. The molecule has 0 radical (unpaired) electrons. The Morgan fingerprint density at radius 2 is 2.00 bits per heavy atom. The van der Waals surface area contributed by atoms with Crippen LogP contribution in [-0.4, -0.2) is 9.97 Å². The Hall–Kier alpha value is -1.24. The summed E-state index contributed by atoms with van der Waals surface area (Å²) in [5.74, 6) is 0.0937. The van der Waals surface area contributed by atoms with Gasteiger partial charge in [-0.15, -0.1) is 0 Å².